The van der Waals surface area contributed by atoms with E-state index in [0.29, 0.717) is 11.1 Å². The highest BCUT2D eigenvalue weighted by Crippen LogP contribution is 2.50. The number of nitrogens with zero attached hydrogens (tertiary/aromatic N) is 4. The van der Waals surface area contributed by atoms with Crippen molar-refractivity contribution in [3.8, 4) is 12.1 Å². The minimum atomic E-state index is -0.209. The maximum atomic E-state index is 9.90. The fourth-order valence-corrected chi connectivity index (χ4v) is 7.28. The average Bonchev–Trinajstić information content (AvgIpc) is 3.37. The first-order valence-corrected chi connectivity index (χ1v) is 15.3. The lowest BCUT2D eigenvalue weighted by Gasteiger charge is -2.24. The molecule has 0 atom stereocenters. The Hall–Kier alpha value is -5.45. The predicted octanol–water partition coefficient (Wildman–Crippen LogP) is 9.32. The molecule has 220 valence electrons. The first-order chi connectivity index (χ1) is 21.6. The van der Waals surface area contributed by atoms with E-state index >= 15 is 0 Å². The van der Waals surface area contributed by atoms with Gasteiger partial charge in [-0.3, -0.25) is 0 Å². The van der Waals surface area contributed by atoms with Gasteiger partial charge in [0.1, 0.15) is 7.05 Å². The molecule has 0 spiro atoms. The summed E-state index contributed by atoms with van der Waals surface area (Å²) in [6.45, 7) is 8.97. The number of hydrogen-bond acceptors (Lipinski definition) is 3. The van der Waals surface area contributed by atoms with Crippen LogP contribution in [0.4, 0.5) is 11.4 Å². The number of likely N-dealkylation sites (N-methyl/N-ethyl adjacent to an activating group) is 1. The normalized spacial score (nSPS) is 18.3. The molecule has 2 aliphatic heterocycles. The Bertz CT molecular complexity index is 2150. The summed E-state index contributed by atoms with van der Waals surface area (Å²) in [5.74, 6) is 0. The van der Waals surface area contributed by atoms with Gasteiger partial charge < -0.3 is 4.90 Å². The first kappa shape index (κ1) is 29.6. The van der Waals surface area contributed by atoms with Crippen LogP contribution in [0.3, 0.4) is 0 Å². The fourth-order valence-electron chi connectivity index (χ4n) is 7.28. The van der Waals surface area contributed by atoms with Crippen LogP contribution in [0.15, 0.2) is 132 Å². The lowest BCUT2D eigenvalue weighted by atomic mass is 9.79. The molecule has 4 nitrogen and oxygen atoms in total. The maximum Gasteiger partial charge on any atom is 0.210 e. The van der Waals surface area contributed by atoms with Crippen molar-refractivity contribution in [1.29, 1.82) is 10.5 Å². The summed E-state index contributed by atoms with van der Waals surface area (Å²) in [5.41, 5.74) is 7.72. The number of hydrogen-bond donors (Lipinski definition) is 0. The average molecular weight is 586 g/mol. The second kappa shape index (κ2) is 11.2. The van der Waals surface area contributed by atoms with E-state index in [1.54, 1.807) is 18.2 Å². The first-order valence-electron chi connectivity index (χ1n) is 15.3. The molecule has 0 aliphatic carbocycles. The summed E-state index contributed by atoms with van der Waals surface area (Å²) in [6, 6.07) is 30.2. The van der Waals surface area contributed by atoms with Crippen LogP contribution in [0.25, 0.3) is 21.5 Å². The van der Waals surface area contributed by atoms with Crippen LogP contribution in [0.5, 0.6) is 0 Å². The van der Waals surface area contributed by atoms with Gasteiger partial charge in [-0.1, -0.05) is 80.6 Å². The summed E-state index contributed by atoms with van der Waals surface area (Å²) in [4.78, 5) is 2.23. The van der Waals surface area contributed by atoms with Gasteiger partial charge in [-0.15, -0.1) is 0 Å². The van der Waals surface area contributed by atoms with E-state index in [9.17, 15) is 10.5 Å². The number of nitriles is 2. The van der Waals surface area contributed by atoms with Gasteiger partial charge in [0.2, 0.25) is 5.69 Å². The molecule has 4 heteroatoms. The molecule has 6 rings (SSSR count). The van der Waals surface area contributed by atoms with E-state index < -0.39 is 0 Å². The maximum absolute atomic E-state index is 9.90. The molecule has 0 N–H and O–H groups in total. The molecule has 0 aromatic heterocycles. The second-order valence-corrected chi connectivity index (χ2v) is 12.8. The zero-order chi connectivity index (χ0) is 31.9. The Kier molecular flexibility index (Phi) is 7.39. The van der Waals surface area contributed by atoms with E-state index in [1.165, 1.54) is 44.0 Å². The largest absolute Gasteiger partial charge is 0.347 e. The lowest BCUT2D eigenvalue weighted by Crippen LogP contribution is -2.26. The van der Waals surface area contributed by atoms with Crippen LogP contribution in [0.2, 0.25) is 0 Å². The van der Waals surface area contributed by atoms with Crippen molar-refractivity contribution < 1.29 is 4.58 Å². The Balaban J connectivity index is 1.25. The molecule has 4 aromatic rings. The minimum absolute atomic E-state index is 0.209. The molecule has 2 aliphatic rings. The van der Waals surface area contributed by atoms with Gasteiger partial charge in [0.05, 0.1) is 28.7 Å². The van der Waals surface area contributed by atoms with Crippen LogP contribution >= 0.6 is 0 Å². The Morgan fingerprint density at radius 2 is 1.38 bits per heavy atom. The Morgan fingerprint density at radius 3 is 2.04 bits per heavy atom. The molecule has 0 fully saturated rings. The molecule has 0 amide bonds. The molecule has 0 unspecified atom stereocenters. The molecule has 0 saturated carbocycles. The third-order valence-electron chi connectivity index (χ3n) is 9.42. The number of allylic oxidation sites excluding steroid dienone is 10. The van der Waals surface area contributed by atoms with Gasteiger partial charge >= 0.3 is 0 Å². The molecule has 0 bridgehead atoms. The molecule has 45 heavy (non-hydrogen) atoms. The number of benzene rings is 4. The van der Waals surface area contributed by atoms with Crippen molar-refractivity contribution in [3.63, 3.8) is 0 Å². The van der Waals surface area contributed by atoms with Crippen molar-refractivity contribution in [1.82, 2.24) is 0 Å². The predicted molar refractivity (Wildman–Crippen MR) is 187 cm³/mol. The molecule has 0 saturated heterocycles. The Morgan fingerprint density at radius 1 is 0.756 bits per heavy atom. The van der Waals surface area contributed by atoms with Crippen molar-refractivity contribution >= 4 is 38.6 Å². The number of rotatable bonds is 5. The van der Waals surface area contributed by atoms with Gasteiger partial charge in [-0.2, -0.15) is 15.1 Å². The van der Waals surface area contributed by atoms with E-state index in [-0.39, 0.29) is 10.8 Å². The van der Waals surface area contributed by atoms with Crippen LogP contribution in [0.1, 0.15) is 38.8 Å². The smallest absolute Gasteiger partial charge is 0.210 e. The summed E-state index contributed by atoms with van der Waals surface area (Å²) >= 11 is 0. The van der Waals surface area contributed by atoms with Crippen LogP contribution in [0, 0.1) is 22.7 Å². The highest BCUT2D eigenvalue weighted by Gasteiger charge is 2.44. The fraction of sp³-hybridized carbons (Fsp3) is 0.195. The van der Waals surface area contributed by atoms with Gasteiger partial charge in [0.25, 0.3) is 0 Å². The third kappa shape index (κ3) is 4.90. The second-order valence-electron chi connectivity index (χ2n) is 12.8. The zero-order valence-corrected chi connectivity index (χ0v) is 26.8. The highest BCUT2D eigenvalue weighted by atomic mass is 15.2. The van der Waals surface area contributed by atoms with Crippen molar-refractivity contribution in [2.75, 3.05) is 19.0 Å². The lowest BCUT2D eigenvalue weighted by molar-refractivity contribution is -0.401. The van der Waals surface area contributed by atoms with Gasteiger partial charge in [-0.25, -0.2) is 0 Å². The molecule has 2 heterocycles. The van der Waals surface area contributed by atoms with Crippen molar-refractivity contribution in [2.45, 2.75) is 38.5 Å². The standard InChI is InChI=1S/C41H37N4/c1-40(2)36(44(5)34-23-21-30-15-7-9-17-32(30)38(34)40)19-11-13-28(26-42)25-29(27-43)14-12-20-37-41(3,4)39-33-18-10-8-16-31(33)22-24-35(39)45(37)6/h7-25H,1-6H3/q+1. The summed E-state index contributed by atoms with van der Waals surface area (Å²) < 4.78 is 2.23. The quantitative estimate of drug-likeness (QED) is 0.133. The topological polar surface area (TPSA) is 53.8 Å². The Labute approximate surface area is 266 Å². The van der Waals surface area contributed by atoms with E-state index in [1.807, 2.05) is 12.2 Å². The monoisotopic (exact) mass is 585 g/mol. The van der Waals surface area contributed by atoms with E-state index in [0.717, 1.165) is 11.4 Å². The highest BCUT2D eigenvalue weighted by molar-refractivity contribution is 6.07. The van der Waals surface area contributed by atoms with Crippen LogP contribution < -0.4 is 4.90 Å². The number of anilines is 1. The molecule has 4 aromatic carbocycles. The third-order valence-corrected chi connectivity index (χ3v) is 9.42. The van der Waals surface area contributed by atoms with E-state index in [4.69, 9.17) is 0 Å². The van der Waals surface area contributed by atoms with Crippen molar-refractivity contribution in [2.24, 2.45) is 0 Å². The summed E-state index contributed by atoms with van der Waals surface area (Å²) in [6.07, 6.45) is 13.2. The van der Waals surface area contributed by atoms with Crippen molar-refractivity contribution in [3.05, 3.63) is 143 Å². The minimum Gasteiger partial charge on any atom is -0.347 e. The van der Waals surface area contributed by atoms with Gasteiger partial charge in [0.15, 0.2) is 5.71 Å². The van der Waals surface area contributed by atoms with Gasteiger partial charge in [0, 0.05) is 41.6 Å². The van der Waals surface area contributed by atoms with Crippen LogP contribution in [-0.2, 0) is 10.8 Å². The molecular weight excluding hydrogens is 548 g/mol. The SMILES string of the molecule is CN1C(=CC=CC(C#N)=CC(C#N)=CC=CC2=[N+](C)c3ccc4ccccc4c3C2(C)C)C(C)(C)c2c1ccc1ccccc21. The van der Waals surface area contributed by atoms with Crippen LogP contribution in [-0.4, -0.2) is 24.4 Å². The summed E-state index contributed by atoms with van der Waals surface area (Å²) in [7, 11) is 4.18. The molecule has 0 radical (unpaired) electrons. The summed E-state index contributed by atoms with van der Waals surface area (Å²) in [5, 5.41) is 24.8. The van der Waals surface area contributed by atoms with Gasteiger partial charge in [-0.05, 0) is 77.4 Å². The zero-order valence-electron chi connectivity index (χ0n) is 26.8. The number of fused-ring (bicyclic) bond motifs is 6. The molecular formula is C41H37N4+. The van der Waals surface area contributed by atoms with E-state index in [2.05, 4.69) is 148 Å².